The lowest BCUT2D eigenvalue weighted by Gasteiger charge is -2.14. The van der Waals surface area contributed by atoms with Gasteiger partial charge in [-0.1, -0.05) is 23.7 Å². The fraction of sp³-hybridized carbons (Fsp3) is 0.222. The number of nitrogens with one attached hydrogen (secondary N) is 1. The lowest BCUT2D eigenvalue weighted by atomic mass is 10.1. The van der Waals surface area contributed by atoms with Crippen LogP contribution in [0.25, 0.3) is 0 Å². The van der Waals surface area contributed by atoms with E-state index in [-0.39, 0.29) is 18.6 Å². The molecule has 0 aliphatic rings. The van der Waals surface area contributed by atoms with Gasteiger partial charge < -0.3 is 10.1 Å². The zero-order valence-electron chi connectivity index (χ0n) is 13.4. The Morgan fingerprint density at radius 1 is 1.21 bits per heavy atom. The molecule has 0 heterocycles. The summed E-state index contributed by atoms with van der Waals surface area (Å²) in [5, 5.41) is 3.38. The van der Waals surface area contributed by atoms with Crippen LogP contribution in [0.3, 0.4) is 0 Å². The van der Waals surface area contributed by atoms with Gasteiger partial charge in [0.2, 0.25) is 0 Å². The highest BCUT2D eigenvalue weighted by Crippen LogP contribution is 2.17. The van der Waals surface area contributed by atoms with Crippen molar-refractivity contribution in [2.75, 3.05) is 12.9 Å². The molecule has 2 aromatic carbocycles. The molecule has 6 heteroatoms. The number of halogens is 1. The summed E-state index contributed by atoms with van der Waals surface area (Å²) in [5.74, 6) is -0.884. The highest BCUT2D eigenvalue weighted by Gasteiger charge is 2.13. The van der Waals surface area contributed by atoms with Gasteiger partial charge in [-0.2, -0.15) is 0 Å². The van der Waals surface area contributed by atoms with E-state index < -0.39 is 5.97 Å². The molecule has 24 heavy (non-hydrogen) atoms. The maximum atomic E-state index is 11.9. The predicted octanol–water partition coefficient (Wildman–Crippen LogP) is 4.10. The van der Waals surface area contributed by atoms with Crippen molar-refractivity contribution in [3.8, 4) is 0 Å². The number of rotatable bonds is 6. The number of thioether (sulfide) groups is 1. The molecule has 0 fully saturated rings. The molecule has 1 N–H and O–H groups in total. The lowest BCUT2D eigenvalue weighted by Crippen LogP contribution is -2.31. The van der Waals surface area contributed by atoms with E-state index in [1.807, 2.05) is 37.4 Å². The number of ether oxygens (including phenoxy) is 1. The second kappa shape index (κ2) is 8.76. The van der Waals surface area contributed by atoms with Crippen LogP contribution in [0.5, 0.6) is 0 Å². The molecular weight excluding hydrogens is 346 g/mol. The summed E-state index contributed by atoms with van der Waals surface area (Å²) in [6, 6.07) is 14.0. The summed E-state index contributed by atoms with van der Waals surface area (Å²) < 4.78 is 5.04. The van der Waals surface area contributed by atoms with E-state index >= 15 is 0 Å². The van der Waals surface area contributed by atoms with Gasteiger partial charge in [0.05, 0.1) is 11.6 Å². The van der Waals surface area contributed by atoms with Crippen molar-refractivity contribution in [1.82, 2.24) is 5.32 Å². The van der Waals surface area contributed by atoms with Crippen molar-refractivity contribution < 1.29 is 14.3 Å². The van der Waals surface area contributed by atoms with Crippen molar-refractivity contribution in [2.24, 2.45) is 0 Å². The Labute approximate surface area is 150 Å². The molecule has 0 saturated carbocycles. The minimum absolute atomic E-state index is 0.226. The Bertz CT molecular complexity index is 718. The number of benzene rings is 2. The third-order valence-corrected chi connectivity index (χ3v) is 4.36. The van der Waals surface area contributed by atoms with Crippen molar-refractivity contribution in [2.45, 2.75) is 17.9 Å². The minimum atomic E-state index is -0.520. The second-order valence-electron chi connectivity index (χ2n) is 5.15. The Hall–Kier alpha value is -1.98. The molecule has 0 unspecified atom stereocenters. The highest BCUT2D eigenvalue weighted by atomic mass is 35.5. The quantitative estimate of drug-likeness (QED) is 0.620. The van der Waals surface area contributed by atoms with Crippen LogP contribution in [-0.4, -0.2) is 24.7 Å². The van der Waals surface area contributed by atoms with Gasteiger partial charge in [-0.25, -0.2) is 4.79 Å². The summed E-state index contributed by atoms with van der Waals surface area (Å²) in [6.45, 7) is 1.51. The molecule has 0 radical (unpaired) electrons. The zero-order chi connectivity index (χ0) is 17.5. The standard InChI is InChI=1S/C18H18ClNO3S/c1-12(14-4-3-5-15(19)10-14)20-17(21)11-23-18(22)13-6-8-16(24-2)9-7-13/h3-10,12H,11H2,1-2H3,(H,20,21)/t12-/m1/s1. The Balaban J connectivity index is 1.84. The van der Waals surface area contributed by atoms with Gasteiger partial charge >= 0.3 is 5.97 Å². The SMILES string of the molecule is CSc1ccc(C(=O)OCC(=O)N[C@H](C)c2cccc(Cl)c2)cc1. The molecule has 0 aliphatic carbocycles. The fourth-order valence-electron chi connectivity index (χ4n) is 2.08. The normalized spacial score (nSPS) is 11.6. The van der Waals surface area contributed by atoms with Crippen LogP contribution in [0.4, 0.5) is 0 Å². The molecule has 0 aromatic heterocycles. The average molecular weight is 364 g/mol. The number of amides is 1. The number of esters is 1. The fourth-order valence-corrected chi connectivity index (χ4v) is 2.69. The van der Waals surface area contributed by atoms with Crippen molar-refractivity contribution in [3.63, 3.8) is 0 Å². The van der Waals surface area contributed by atoms with Crippen LogP contribution in [0.15, 0.2) is 53.4 Å². The predicted molar refractivity (Wildman–Crippen MR) is 96.5 cm³/mol. The van der Waals surface area contributed by atoms with Crippen LogP contribution in [0.2, 0.25) is 5.02 Å². The van der Waals surface area contributed by atoms with Crippen molar-refractivity contribution in [3.05, 3.63) is 64.7 Å². The average Bonchev–Trinajstić information content (AvgIpc) is 2.59. The topological polar surface area (TPSA) is 55.4 Å². The molecule has 0 aliphatic heterocycles. The van der Waals surface area contributed by atoms with Crippen molar-refractivity contribution in [1.29, 1.82) is 0 Å². The molecule has 0 bridgehead atoms. The molecule has 126 valence electrons. The monoisotopic (exact) mass is 363 g/mol. The lowest BCUT2D eigenvalue weighted by molar-refractivity contribution is -0.124. The third-order valence-electron chi connectivity index (χ3n) is 3.39. The maximum absolute atomic E-state index is 11.9. The Kier molecular flexibility index (Phi) is 6.70. The first-order valence-corrected chi connectivity index (χ1v) is 8.96. The van der Waals surface area contributed by atoms with E-state index in [9.17, 15) is 9.59 Å². The third kappa shape index (κ3) is 5.28. The van der Waals surface area contributed by atoms with Gasteiger partial charge in [-0.3, -0.25) is 4.79 Å². The molecule has 2 aromatic rings. The first-order chi connectivity index (χ1) is 11.5. The minimum Gasteiger partial charge on any atom is -0.452 e. The molecular formula is C18H18ClNO3S. The first-order valence-electron chi connectivity index (χ1n) is 7.35. The summed E-state index contributed by atoms with van der Waals surface area (Å²) in [6.07, 6.45) is 1.96. The van der Waals surface area contributed by atoms with Gasteiger partial charge in [0.15, 0.2) is 6.61 Å². The van der Waals surface area contributed by atoms with E-state index in [0.717, 1.165) is 10.5 Å². The van der Waals surface area contributed by atoms with Crippen LogP contribution in [0.1, 0.15) is 28.9 Å². The molecule has 4 nitrogen and oxygen atoms in total. The van der Waals surface area contributed by atoms with Gasteiger partial charge in [-0.05, 0) is 55.1 Å². The highest BCUT2D eigenvalue weighted by molar-refractivity contribution is 7.98. The van der Waals surface area contributed by atoms with Crippen LogP contribution >= 0.6 is 23.4 Å². The van der Waals surface area contributed by atoms with Gasteiger partial charge in [0.25, 0.3) is 5.91 Å². The largest absolute Gasteiger partial charge is 0.452 e. The van der Waals surface area contributed by atoms with E-state index in [1.165, 1.54) is 0 Å². The smallest absolute Gasteiger partial charge is 0.338 e. The van der Waals surface area contributed by atoms with Crippen LogP contribution in [-0.2, 0) is 9.53 Å². The zero-order valence-corrected chi connectivity index (χ0v) is 15.0. The summed E-state index contributed by atoms with van der Waals surface area (Å²) in [7, 11) is 0. The Morgan fingerprint density at radius 3 is 2.54 bits per heavy atom. The van der Waals surface area contributed by atoms with E-state index in [2.05, 4.69) is 5.32 Å². The van der Waals surface area contributed by atoms with E-state index in [0.29, 0.717) is 10.6 Å². The number of carbonyl (C=O) groups is 2. The molecule has 1 atom stereocenters. The number of hydrogen-bond acceptors (Lipinski definition) is 4. The number of hydrogen-bond donors (Lipinski definition) is 1. The summed E-state index contributed by atoms with van der Waals surface area (Å²) in [5.41, 5.74) is 1.30. The molecule has 0 saturated heterocycles. The first kappa shape index (κ1) is 18.4. The maximum Gasteiger partial charge on any atom is 0.338 e. The van der Waals surface area contributed by atoms with Gasteiger partial charge in [0, 0.05) is 9.92 Å². The summed E-state index contributed by atoms with van der Waals surface area (Å²) >= 11 is 7.52. The van der Waals surface area contributed by atoms with Crippen LogP contribution < -0.4 is 5.32 Å². The van der Waals surface area contributed by atoms with E-state index in [1.54, 1.807) is 36.0 Å². The summed E-state index contributed by atoms with van der Waals surface area (Å²) in [4.78, 5) is 24.9. The molecule has 2 rings (SSSR count). The Morgan fingerprint density at radius 2 is 1.92 bits per heavy atom. The number of carbonyl (C=O) groups excluding carboxylic acids is 2. The molecule has 1 amide bonds. The van der Waals surface area contributed by atoms with Crippen molar-refractivity contribution >= 4 is 35.2 Å². The van der Waals surface area contributed by atoms with Gasteiger partial charge in [-0.15, -0.1) is 11.8 Å². The van der Waals surface area contributed by atoms with E-state index in [4.69, 9.17) is 16.3 Å². The molecule has 0 spiro atoms. The second-order valence-corrected chi connectivity index (χ2v) is 6.46. The van der Waals surface area contributed by atoms with Gasteiger partial charge in [0.1, 0.15) is 0 Å². The van der Waals surface area contributed by atoms with Crippen LogP contribution in [0, 0.1) is 0 Å².